The van der Waals surface area contributed by atoms with E-state index in [4.69, 9.17) is 5.73 Å². The monoisotopic (exact) mass is 394 g/mol. The van der Waals surface area contributed by atoms with Crippen LogP contribution in [-0.4, -0.2) is 21.6 Å². The molecule has 0 fully saturated rings. The van der Waals surface area contributed by atoms with Gasteiger partial charge in [0.15, 0.2) is 0 Å². The minimum Gasteiger partial charge on any atom is -0.365 e. The largest absolute Gasteiger partial charge is 0.365 e. The predicted octanol–water partition coefficient (Wildman–Crippen LogP) is 3.92. The summed E-state index contributed by atoms with van der Waals surface area (Å²) < 4.78 is 1.85. The Kier molecular flexibility index (Phi) is 5.46. The van der Waals surface area contributed by atoms with Crippen LogP contribution in [0.15, 0.2) is 36.4 Å². The van der Waals surface area contributed by atoms with Gasteiger partial charge in [0, 0.05) is 22.2 Å². The maximum absolute atomic E-state index is 12.4. The van der Waals surface area contributed by atoms with Gasteiger partial charge in [-0.3, -0.25) is 9.59 Å². The molecule has 2 heterocycles. The van der Waals surface area contributed by atoms with E-state index in [2.05, 4.69) is 10.4 Å². The van der Waals surface area contributed by atoms with Crippen molar-refractivity contribution in [1.82, 2.24) is 9.78 Å². The SMILES string of the molecule is Cc1nn(-c2ccccc2)c(C)c1/C=C/C(=O)Nc1sc(C)c(C)c1C(N)=O. The second kappa shape index (κ2) is 7.82. The third kappa shape index (κ3) is 3.75. The minimum absolute atomic E-state index is 0.324. The Labute approximate surface area is 167 Å². The van der Waals surface area contributed by atoms with Gasteiger partial charge in [-0.05, 0) is 51.5 Å². The Bertz CT molecular complexity index is 1080. The van der Waals surface area contributed by atoms with Crippen LogP contribution in [-0.2, 0) is 4.79 Å². The number of anilines is 1. The highest BCUT2D eigenvalue weighted by molar-refractivity contribution is 7.16. The van der Waals surface area contributed by atoms with Gasteiger partial charge in [0.05, 0.1) is 16.9 Å². The number of aromatic nitrogens is 2. The third-order valence-electron chi connectivity index (χ3n) is 4.62. The lowest BCUT2D eigenvalue weighted by Crippen LogP contribution is -2.16. The van der Waals surface area contributed by atoms with Crippen molar-refractivity contribution in [3.8, 4) is 5.69 Å². The lowest BCUT2D eigenvalue weighted by molar-refractivity contribution is -0.111. The molecule has 0 saturated heterocycles. The normalized spacial score (nSPS) is 11.1. The van der Waals surface area contributed by atoms with E-state index in [0.29, 0.717) is 10.6 Å². The molecule has 0 radical (unpaired) electrons. The van der Waals surface area contributed by atoms with Crippen molar-refractivity contribution in [1.29, 1.82) is 0 Å². The molecule has 7 heteroatoms. The van der Waals surface area contributed by atoms with Gasteiger partial charge in [0.1, 0.15) is 5.00 Å². The number of carbonyl (C=O) groups is 2. The van der Waals surface area contributed by atoms with Gasteiger partial charge in [-0.1, -0.05) is 18.2 Å². The first kappa shape index (κ1) is 19.6. The van der Waals surface area contributed by atoms with Crippen LogP contribution < -0.4 is 11.1 Å². The van der Waals surface area contributed by atoms with Crippen LogP contribution in [0.3, 0.4) is 0 Å². The Morgan fingerprint density at radius 3 is 2.46 bits per heavy atom. The Morgan fingerprint density at radius 2 is 1.82 bits per heavy atom. The second-order valence-corrected chi connectivity index (χ2v) is 7.73. The van der Waals surface area contributed by atoms with Crippen LogP contribution in [0.1, 0.15) is 37.7 Å². The fourth-order valence-corrected chi connectivity index (χ4v) is 4.11. The maximum atomic E-state index is 12.4. The van der Waals surface area contributed by atoms with Crippen molar-refractivity contribution in [2.45, 2.75) is 27.7 Å². The zero-order valence-electron chi connectivity index (χ0n) is 16.2. The molecule has 3 N–H and O–H groups in total. The molecule has 0 unspecified atom stereocenters. The van der Waals surface area contributed by atoms with E-state index in [1.165, 1.54) is 17.4 Å². The number of nitrogens with zero attached hydrogens (tertiary/aromatic N) is 2. The van der Waals surface area contributed by atoms with Gasteiger partial charge in [-0.25, -0.2) is 4.68 Å². The predicted molar refractivity (Wildman–Crippen MR) is 113 cm³/mol. The number of amides is 2. The van der Waals surface area contributed by atoms with Crippen LogP contribution in [0.2, 0.25) is 0 Å². The zero-order valence-corrected chi connectivity index (χ0v) is 17.1. The van der Waals surface area contributed by atoms with E-state index in [1.807, 2.05) is 62.7 Å². The highest BCUT2D eigenvalue weighted by Gasteiger charge is 2.18. The molecule has 2 amide bonds. The molecular weight excluding hydrogens is 372 g/mol. The minimum atomic E-state index is -0.544. The van der Waals surface area contributed by atoms with Crippen LogP contribution in [0, 0.1) is 27.7 Å². The van der Waals surface area contributed by atoms with E-state index >= 15 is 0 Å². The van der Waals surface area contributed by atoms with Crippen LogP contribution in [0.5, 0.6) is 0 Å². The van der Waals surface area contributed by atoms with Gasteiger partial charge in [0.2, 0.25) is 5.91 Å². The Hall–Kier alpha value is -3.19. The number of para-hydroxylation sites is 1. The third-order valence-corrected chi connectivity index (χ3v) is 5.74. The first-order valence-electron chi connectivity index (χ1n) is 8.80. The smallest absolute Gasteiger partial charge is 0.251 e. The van der Waals surface area contributed by atoms with Gasteiger partial charge in [0.25, 0.3) is 5.91 Å². The molecule has 1 aromatic carbocycles. The summed E-state index contributed by atoms with van der Waals surface area (Å²) in [7, 11) is 0. The zero-order chi connectivity index (χ0) is 20.4. The second-order valence-electron chi connectivity index (χ2n) is 6.51. The van der Waals surface area contributed by atoms with Crippen molar-refractivity contribution >= 4 is 34.2 Å². The van der Waals surface area contributed by atoms with Crippen molar-refractivity contribution < 1.29 is 9.59 Å². The summed E-state index contributed by atoms with van der Waals surface area (Å²) in [6, 6.07) is 9.82. The lowest BCUT2D eigenvalue weighted by atomic mass is 10.1. The summed E-state index contributed by atoms with van der Waals surface area (Å²) in [5.41, 5.74) is 10.2. The molecule has 0 aliphatic heterocycles. The highest BCUT2D eigenvalue weighted by atomic mass is 32.1. The summed E-state index contributed by atoms with van der Waals surface area (Å²) in [6.07, 6.45) is 3.19. The number of thiophene rings is 1. The molecule has 144 valence electrons. The number of rotatable bonds is 5. The molecule has 28 heavy (non-hydrogen) atoms. The first-order valence-corrected chi connectivity index (χ1v) is 9.61. The van der Waals surface area contributed by atoms with Crippen LogP contribution >= 0.6 is 11.3 Å². The number of hydrogen-bond acceptors (Lipinski definition) is 4. The standard InChI is InChI=1S/C21H22N4O2S/c1-12-15(4)28-21(19(12)20(22)27)23-18(26)11-10-17-13(2)24-25(14(17)3)16-8-6-5-7-9-16/h5-11H,1-4H3,(H2,22,27)(H,23,26)/b11-10+. The van der Waals surface area contributed by atoms with Crippen molar-refractivity contribution in [2.24, 2.45) is 5.73 Å². The van der Waals surface area contributed by atoms with Crippen molar-refractivity contribution in [2.75, 3.05) is 5.32 Å². The number of benzene rings is 1. The van der Waals surface area contributed by atoms with Crippen molar-refractivity contribution in [3.63, 3.8) is 0 Å². The fourth-order valence-electron chi connectivity index (χ4n) is 3.04. The molecule has 0 atom stereocenters. The van der Waals surface area contributed by atoms with Gasteiger partial charge in [-0.2, -0.15) is 5.10 Å². The molecule has 6 nitrogen and oxygen atoms in total. The molecule has 0 bridgehead atoms. The van der Waals surface area contributed by atoms with Crippen LogP contribution in [0.25, 0.3) is 11.8 Å². The Morgan fingerprint density at radius 1 is 1.14 bits per heavy atom. The van der Waals surface area contributed by atoms with Gasteiger partial charge in [-0.15, -0.1) is 11.3 Å². The molecule has 2 aromatic heterocycles. The number of aryl methyl sites for hydroxylation is 2. The topological polar surface area (TPSA) is 90.0 Å². The molecule has 0 spiro atoms. The number of hydrogen-bond donors (Lipinski definition) is 2. The number of carbonyl (C=O) groups excluding carboxylic acids is 2. The number of nitrogens with two attached hydrogens (primary N) is 1. The molecule has 0 saturated carbocycles. The van der Waals surface area contributed by atoms with Gasteiger partial charge < -0.3 is 11.1 Å². The van der Waals surface area contributed by atoms with E-state index in [9.17, 15) is 9.59 Å². The van der Waals surface area contributed by atoms with Gasteiger partial charge >= 0.3 is 0 Å². The maximum Gasteiger partial charge on any atom is 0.251 e. The summed E-state index contributed by atoms with van der Waals surface area (Å²) >= 11 is 1.34. The highest BCUT2D eigenvalue weighted by Crippen LogP contribution is 2.32. The average Bonchev–Trinajstić information content (AvgIpc) is 3.09. The first-order chi connectivity index (χ1) is 13.3. The van der Waals surface area contributed by atoms with Crippen LogP contribution in [0.4, 0.5) is 5.00 Å². The van der Waals surface area contributed by atoms with E-state index < -0.39 is 5.91 Å². The van der Waals surface area contributed by atoms with E-state index in [-0.39, 0.29) is 5.91 Å². The lowest BCUT2D eigenvalue weighted by Gasteiger charge is -2.04. The molecule has 0 aliphatic rings. The fraction of sp³-hybridized carbons (Fsp3) is 0.190. The molecule has 0 aliphatic carbocycles. The number of nitrogens with one attached hydrogen (secondary N) is 1. The summed E-state index contributed by atoms with van der Waals surface area (Å²) in [5, 5.41) is 7.81. The molecule has 3 aromatic rings. The quantitative estimate of drug-likeness (QED) is 0.643. The summed E-state index contributed by atoms with van der Waals surface area (Å²) in [6.45, 7) is 7.58. The van der Waals surface area contributed by atoms with E-state index in [1.54, 1.807) is 6.08 Å². The Balaban J connectivity index is 1.84. The van der Waals surface area contributed by atoms with E-state index in [0.717, 1.165) is 33.1 Å². The summed E-state index contributed by atoms with van der Waals surface area (Å²) in [4.78, 5) is 25.1. The van der Waals surface area contributed by atoms with Crippen molar-refractivity contribution in [3.05, 3.63) is 69.4 Å². The number of primary amides is 1. The molecule has 3 rings (SSSR count). The summed E-state index contributed by atoms with van der Waals surface area (Å²) in [5.74, 6) is -0.869. The molecular formula is C21H22N4O2S. The average molecular weight is 395 g/mol.